The maximum absolute atomic E-state index is 11.7. The van der Waals surface area contributed by atoms with Crippen molar-refractivity contribution in [1.29, 1.82) is 0 Å². The summed E-state index contributed by atoms with van der Waals surface area (Å²) < 4.78 is 5.68. The molecule has 2 fully saturated rings. The van der Waals surface area contributed by atoms with Gasteiger partial charge in [-0.25, -0.2) is 0 Å². The van der Waals surface area contributed by atoms with Gasteiger partial charge in [0.1, 0.15) is 5.75 Å². The first-order valence-corrected chi connectivity index (χ1v) is 8.37. The molecule has 2 heterocycles. The SMILES string of the molecule is CC(C)Oc1ccc(CN2C[C@H]3CCCC(=O)N[C@H]3C2)cc1. The number of fused-ring (bicyclic) bond motifs is 1. The van der Waals surface area contributed by atoms with Crippen molar-refractivity contribution in [3.63, 3.8) is 0 Å². The van der Waals surface area contributed by atoms with Crippen LogP contribution in [0.15, 0.2) is 24.3 Å². The Balaban J connectivity index is 1.57. The molecule has 4 heteroatoms. The summed E-state index contributed by atoms with van der Waals surface area (Å²) in [5, 5.41) is 3.19. The first-order chi connectivity index (χ1) is 10.6. The highest BCUT2D eigenvalue weighted by Gasteiger charge is 2.34. The zero-order valence-corrected chi connectivity index (χ0v) is 13.5. The van der Waals surface area contributed by atoms with Gasteiger partial charge in [0.2, 0.25) is 5.91 Å². The van der Waals surface area contributed by atoms with Crippen LogP contribution in [0.4, 0.5) is 0 Å². The van der Waals surface area contributed by atoms with E-state index in [1.54, 1.807) is 0 Å². The van der Waals surface area contributed by atoms with Gasteiger partial charge in [-0.2, -0.15) is 0 Å². The predicted molar refractivity (Wildman–Crippen MR) is 86.8 cm³/mol. The van der Waals surface area contributed by atoms with Gasteiger partial charge in [0.05, 0.1) is 6.10 Å². The third-order valence-corrected chi connectivity index (χ3v) is 4.54. The maximum atomic E-state index is 11.7. The number of carbonyl (C=O) groups excluding carboxylic acids is 1. The average Bonchev–Trinajstić information content (AvgIpc) is 2.73. The number of ether oxygens (including phenoxy) is 1. The van der Waals surface area contributed by atoms with E-state index in [4.69, 9.17) is 4.74 Å². The number of amides is 1. The molecule has 1 amide bonds. The first kappa shape index (κ1) is 15.3. The van der Waals surface area contributed by atoms with E-state index in [-0.39, 0.29) is 12.0 Å². The Morgan fingerprint density at radius 1 is 1.27 bits per heavy atom. The maximum Gasteiger partial charge on any atom is 0.220 e. The van der Waals surface area contributed by atoms with Crippen LogP contribution in [0.5, 0.6) is 5.75 Å². The van der Waals surface area contributed by atoms with Gasteiger partial charge >= 0.3 is 0 Å². The molecule has 0 spiro atoms. The van der Waals surface area contributed by atoms with Crippen LogP contribution in [0.1, 0.15) is 38.7 Å². The van der Waals surface area contributed by atoms with Gasteiger partial charge in [-0.1, -0.05) is 12.1 Å². The third-order valence-electron chi connectivity index (χ3n) is 4.54. The van der Waals surface area contributed by atoms with Crippen LogP contribution in [-0.2, 0) is 11.3 Å². The largest absolute Gasteiger partial charge is 0.491 e. The second kappa shape index (κ2) is 6.69. The van der Waals surface area contributed by atoms with Crippen molar-refractivity contribution >= 4 is 5.91 Å². The van der Waals surface area contributed by atoms with E-state index >= 15 is 0 Å². The standard InChI is InChI=1S/C18H26N2O2/c1-13(2)22-16-8-6-14(7-9-16)10-20-11-15-4-3-5-18(21)19-17(15)12-20/h6-9,13,15,17H,3-5,10-12H2,1-2H3,(H,19,21)/t15-,17+/m1/s1. The van der Waals surface area contributed by atoms with E-state index in [0.29, 0.717) is 18.4 Å². The molecule has 4 nitrogen and oxygen atoms in total. The minimum atomic E-state index is 0.208. The number of benzene rings is 1. The molecule has 0 radical (unpaired) electrons. The smallest absolute Gasteiger partial charge is 0.220 e. The summed E-state index contributed by atoms with van der Waals surface area (Å²) in [5.41, 5.74) is 1.30. The molecule has 22 heavy (non-hydrogen) atoms. The van der Waals surface area contributed by atoms with Gasteiger partial charge in [0, 0.05) is 32.1 Å². The first-order valence-electron chi connectivity index (χ1n) is 8.37. The molecular weight excluding hydrogens is 276 g/mol. The number of hydrogen-bond acceptors (Lipinski definition) is 3. The molecule has 2 saturated heterocycles. The van der Waals surface area contributed by atoms with Gasteiger partial charge < -0.3 is 10.1 Å². The summed E-state index contributed by atoms with van der Waals surface area (Å²) in [4.78, 5) is 14.1. The zero-order valence-electron chi connectivity index (χ0n) is 13.5. The van der Waals surface area contributed by atoms with Crippen molar-refractivity contribution in [2.45, 2.75) is 51.8 Å². The van der Waals surface area contributed by atoms with E-state index in [9.17, 15) is 4.79 Å². The number of nitrogens with zero attached hydrogens (tertiary/aromatic N) is 1. The molecule has 2 aliphatic heterocycles. The molecule has 3 rings (SSSR count). The van der Waals surface area contributed by atoms with Gasteiger partial charge in [-0.3, -0.25) is 9.69 Å². The molecule has 1 aromatic carbocycles. The summed E-state index contributed by atoms with van der Waals surface area (Å²) in [7, 11) is 0. The molecule has 0 saturated carbocycles. The average molecular weight is 302 g/mol. The van der Waals surface area contributed by atoms with Crippen LogP contribution in [0, 0.1) is 5.92 Å². The van der Waals surface area contributed by atoms with E-state index in [1.807, 2.05) is 26.0 Å². The molecule has 2 aliphatic rings. The van der Waals surface area contributed by atoms with Gasteiger partial charge in [0.15, 0.2) is 0 Å². The highest BCUT2D eigenvalue weighted by molar-refractivity contribution is 5.76. The molecule has 0 unspecified atom stereocenters. The van der Waals surface area contributed by atoms with Crippen molar-refractivity contribution < 1.29 is 9.53 Å². The summed E-state index contributed by atoms with van der Waals surface area (Å²) in [6.07, 6.45) is 3.10. The van der Waals surface area contributed by atoms with Crippen molar-refractivity contribution in [1.82, 2.24) is 10.2 Å². The van der Waals surface area contributed by atoms with Crippen LogP contribution in [0.2, 0.25) is 0 Å². The summed E-state index contributed by atoms with van der Waals surface area (Å²) in [6.45, 7) is 7.09. The number of nitrogens with one attached hydrogen (secondary N) is 1. The normalized spacial score (nSPS) is 25.7. The van der Waals surface area contributed by atoms with Gasteiger partial charge in [-0.05, 0) is 50.3 Å². The molecule has 0 bridgehead atoms. The highest BCUT2D eigenvalue weighted by Crippen LogP contribution is 2.26. The van der Waals surface area contributed by atoms with Crippen LogP contribution < -0.4 is 10.1 Å². The Hall–Kier alpha value is -1.55. The number of rotatable bonds is 4. The van der Waals surface area contributed by atoms with Crippen molar-refractivity contribution in [2.75, 3.05) is 13.1 Å². The Kier molecular flexibility index (Phi) is 4.67. The lowest BCUT2D eigenvalue weighted by Gasteiger charge is -2.17. The number of carbonyl (C=O) groups is 1. The van der Waals surface area contributed by atoms with Crippen molar-refractivity contribution in [3.05, 3.63) is 29.8 Å². The minimum absolute atomic E-state index is 0.208. The summed E-state index contributed by atoms with van der Waals surface area (Å²) in [5.74, 6) is 1.78. The summed E-state index contributed by atoms with van der Waals surface area (Å²) in [6, 6.07) is 8.73. The monoisotopic (exact) mass is 302 g/mol. The third kappa shape index (κ3) is 3.80. The van der Waals surface area contributed by atoms with Crippen LogP contribution >= 0.6 is 0 Å². The van der Waals surface area contributed by atoms with Crippen molar-refractivity contribution in [2.24, 2.45) is 5.92 Å². The second-order valence-electron chi connectivity index (χ2n) is 6.83. The van der Waals surface area contributed by atoms with E-state index in [0.717, 1.165) is 31.8 Å². The number of hydrogen-bond donors (Lipinski definition) is 1. The van der Waals surface area contributed by atoms with Crippen molar-refractivity contribution in [3.8, 4) is 5.75 Å². The lowest BCUT2D eigenvalue weighted by atomic mass is 9.99. The lowest BCUT2D eigenvalue weighted by molar-refractivity contribution is -0.121. The highest BCUT2D eigenvalue weighted by atomic mass is 16.5. The molecule has 1 N–H and O–H groups in total. The Labute approximate surface area is 132 Å². The van der Waals surface area contributed by atoms with Gasteiger partial charge in [-0.15, -0.1) is 0 Å². The van der Waals surface area contributed by atoms with E-state index in [2.05, 4.69) is 22.3 Å². The fraction of sp³-hybridized carbons (Fsp3) is 0.611. The topological polar surface area (TPSA) is 41.6 Å². The minimum Gasteiger partial charge on any atom is -0.491 e. The fourth-order valence-corrected chi connectivity index (χ4v) is 3.55. The zero-order chi connectivity index (χ0) is 15.5. The van der Waals surface area contributed by atoms with Crippen LogP contribution in [-0.4, -0.2) is 36.0 Å². The lowest BCUT2D eigenvalue weighted by Crippen LogP contribution is -2.38. The Bertz CT molecular complexity index is 512. The Morgan fingerprint density at radius 2 is 2.05 bits per heavy atom. The molecule has 2 atom stereocenters. The van der Waals surface area contributed by atoms with Crippen LogP contribution in [0.25, 0.3) is 0 Å². The summed E-state index contributed by atoms with van der Waals surface area (Å²) >= 11 is 0. The Morgan fingerprint density at radius 3 is 2.77 bits per heavy atom. The molecule has 0 aromatic heterocycles. The van der Waals surface area contributed by atoms with Crippen LogP contribution in [0.3, 0.4) is 0 Å². The molecular formula is C18H26N2O2. The second-order valence-corrected chi connectivity index (χ2v) is 6.83. The van der Waals surface area contributed by atoms with E-state index < -0.39 is 0 Å². The molecule has 1 aromatic rings. The molecule has 0 aliphatic carbocycles. The van der Waals surface area contributed by atoms with E-state index in [1.165, 1.54) is 12.0 Å². The predicted octanol–water partition coefficient (Wildman–Crippen LogP) is 2.57. The molecule has 120 valence electrons. The fourth-order valence-electron chi connectivity index (χ4n) is 3.55. The quantitative estimate of drug-likeness (QED) is 0.929. The number of likely N-dealkylation sites (tertiary alicyclic amines) is 1. The van der Waals surface area contributed by atoms with Gasteiger partial charge in [0.25, 0.3) is 0 Å².